The Labute approximate surface area is 204 Å². The largest absolute Gasteiger partial charge is 0.507 e. The molecule has 5 nitrogen and oxygen atoms in total. The van der Waals surface area contributed by atoms with Gasteiger partial charge in [0.05, 0.1) is 17.7 Å². The lowest BCUT2D eigenvalue weighted by Gasteiger charge is -2.26. The average Bonchev–Trinajstić information content (AvgIpc) is 3.05. The van der Waals surface area contributed by atoms with Gasteiger partial charge in [0.1, 0.15) is 11.5 Å². The number of aryl methyl sites for hydroxylation is 2. The molecule has 0 bridgehead atoms. The number of rotatable bonds is 5. The van der Waals surface area contributed by atoms with Crippen LogP contribution >= 0.6 is 11.6 Å². The summed E-state index contributed by atoms with van der Waals surface area (Å²) in [6.45, 7) is 7.68. The van der Waals surface area contributed by atoms with Gasteiger partial charge in [0.2, 0.25) is 0 Å². The van der Waals surface area contributed by atoms with Crippen LogP contribution in [0.4, 0.5) is 5.69 Å². The molecule has 1 aliphatic rings. The van der Waals surface area contributed by atoms with E-state index in [4.69, 9.17) is 16.3 Å². The number of ether oxygens (including phenoxy) is 1. The molecule has 1 amide bonds. The van der Waals surface area contributed by atoms with E-state index in [1.807, 2.05) is 52.0 Å². The lowest BCUT2D eigenvalue weighted by molar-refractivity contribution is -0.132. The number of benzene rings is 3. The highest BCUT2D eigenvalue weighted by Gasteiger charge is 2.47. The van der Waals surface area contributed by atoms with E-state index in [2.05, 4.69) is 0 Å². The van der Waals surface area contributed by atoms with Gasteiger partial charge in [-0.1, -0.05) is 47.5 Å². The lowest BCUT2D eigenvalue weighted by Crippen LogP contribution is -2.29. The number of nitrogens with zero attached hydrogens (tertiary/aromatic N) is 1. The Morgan fingerprint density at radius 3 is 2.38 bits per heavy atom. The van der Waals surface area contributed by atoms with Gasteiger partial charge in [-0.15, -0.1) is 0 Å². The Balaban J connectivity index is 1.90. The molecule has 1 heterocycles. The molecule has 34 heavy (non-hydrogen) atoms. The highest BCUT2D eigenvalue weighted by atomic mass is 35.5. The number of hydrogen-bond donors (Lipinski definition) is 1. The van der Waals surface area contributed by atoms with Crippen molar-refractivity contribution in [3.05, 3.63) is 99.6 Å². The second kappa shape index (κ2) is 9.35. The average molecular weight is 476 g/mol. The zero-order valence-corrected chi connectivity index (χ0v) is 20.3. The molecule has 0 radical (unpaired) electrons. The van der Waals surface area contributed by atoms with Crippen molar-refractivity contribution >= 4 is 34.7 Å². The van der Waals surface area contributed by atoms with E-state index in [1.54, 1.807) is 42.5 Å². The summed E-state index contributed by atoms with van der Waals surface area (Å²) in [4.78, 5) is 27.9. The minimum Gasteiger partial charge on any atom is -0.507 e. The third-order valence-electron chi connectivity index (χ3n) is 5.70. The smallest absolute Gasteiger partial charge is 0.300 e. The molecule has 1 atom stereocenters. The number of Topliss-reactive ketones (excluding diaryl/α,β-unsaturated/α-hetero) is 1. The van der Waals surface area contributed by atoms with Gasteiger partial charge in [-0.25, -0.2) is 0 Å². The van der Waals surface area contributed by atoms with Gasteiger partial charge in [-0.2, -0.15) is 0 Å². The number of aliphatic hydroxyl groups is 1. The van der Waals surface area contributed by atoms with E-state index in [0.717, 1.165) is 16.7 Å². The number of aliphatic hydroxyl groups excluding tert-OH is 1. The van der Waals surface area contributed by atoms with Crippen molar-refractivity contribution < 1.29 is 19.4 Å². The Bertz CT molecular complexity index is 1310. The molecule has 1 unspecified atom stereocenters. The summed E-state index contributed by atoms with van der Waals surface area (Å²) in [5, 5.41) is 11.8. The number of amides is 1. The van der Waals surface area contributed by atoms with Crippen LogP contribution < -0.4 is 9.64 Å². The van der Waals surface area contributed by atoms with Crippen molar-refractivity contribution in [1.82, 2.24) is 0 Å². The lowest BCUT2D eigenvalue weighted by atomic mass is 9.94. The highest BCUT2D eigenvalue weighted by molar-refractivity contribution is 6.51. The summed E-state index contributed by atoms with van der Waals surface area (Å²) in [5.41, 5.74) is 3.46. The SMILES string of the molecule is Cc1cccc(C2/C(=C(/O)c3ccc(OC(C)C)c(C)c3)C(=O)C(=O)N2c2cccc(Cl)c2)c1. The molecule has 0 aliphatic carbocycles. The molecule has 174 valence electrons. The fourth-order valence-corrected chi connectivity index (χ4v) is 4.40. The molecular weight excluding hydrogens is 450 g/mol. The monoisotopic (exact) mass is 475 g/mol. The van der Waals surface area contributed by atoms with Gasteiger partial charge in [0.15, 0.2) is 0 Å². The second-order valence-corrected chi connectivity index (χ2v) is 9.15. The van der Waals surface area contributed by atoms with Gasteiger partial charge in [0.25, 0.3) is 11.7 Å². The molecule has 0 saturated carbocycles. The van der Waals surface area contributed by atoms with Gasteiger partial charge in [0, 0.05) is 16.3 Å². The summed E-state index contributed by atoms with van der Waals surface area (Å²) in [6.07, 6.45) is 0.00230. The van der Waals surface area contributed by atoms with Crippen LogP contribution in [-0.2, 0) is 9.59 Å². The first kappa shape index (κ1) is 23.6. The predicted octanol–water partition coefficient (Wildman–Crippen LogP) is 6.37. The quantitative estimate of drug-likeness (QED) is 0.264. The van der Waals surface area contributed by atoms with Gasteiger partial charge >= 0.3 is 0 Å². The third kappa shape index (κ3) is 4.44. The summed E-state index contributed by atoms with van der Waals surface area (Å²) in [5.74, 6) is -0.995. The molecule has 0 aromatic heterocycles. The van der Waals surface area contributed by atoms with E-state index in [0.29, 0.717) is 22.0 Å². The molecule has 1 N–H and O–H groups in total. The summed E-state index contributed by atoms with van der Waals surface area (Å²) in [7, 11) is 0. The predicted molar refractivity (Wildman–Crippen MR) is 134 cm³/mol. The standard InChI is InChI=1S/C28H26ClNO4/c1-16(2)34-23-12-11-20(14-18(23)4)26(31)24-25(19-8-5-7-17(3)13-19)30(28(33)27(24)32)22-10-6-9-21(29)15-22/h5-16,25,31H,1-4H3/b26-24-. The van der Waals surface area contributed by atoms with E-state index in [1.165, 1.54) is 4.90 Å². The van der Waals surface area contributed by atoms with E-state index in [-0.39, 0.29) is 17.4 Å². The first-order valence-electron chi connectivity index (χ1n) is 11.1. The maximum absolute atomic E-state index is 13.3. The van der Waals surface area contributed by atoms with Crippen LogP contribution in [0.2, 0.25) is 5.02 Å². The fourth-order valence-electron chi connectivity index (χ4n) is 4.22. The van der Waals surface area contributed by atoms with Crippen LogP contribution in [0.15, 0.2) is 72.3 Å². The normalized spacial score (nSPS) is 17.5. The number of halogens is 1. The van der Waals surface area contributed by atoms with Crippen LogP contribution in [-0.4, -0.2) is 22.9 Å². The molecule has 1 aliphatic heterocycles. The Kier molecular flexibility index (Phi) is 6.49. The molecule has 3 aromatic carbocycles. The van der Waals surface area contributed by atoms with Gasteiger partial charge < -0.3 is 9.84 Å². The number of hydrogen-bond acceptors (Lipinski definition) is 4. The van der Waals surface area contributed by atoms with Crippen molar-refractivity contribution in [3.63, 3.8) is 0 Å². The number of carbonyl (C=O) groups is 2. The Morgan fingerprint density at radius 1 is 1.00 bits per heavy atom. The molecule has 1 saturated heterocycles. The minimum atomic E-state index is -0.801. The van der Waals surface area contributed by atoms with E-state index >= 15 is 0 Å². The third-order valence-corrected chi connectivity index (χ3v) is 5.93. The summed E-state index contributed by atoms with van der Waals surface area (Å²) < 4.78 is 5.79. The maximum Gasteiger partial charge on any atom is 0.300 e. The van der Waals surface area contributed by atoms with Crippen LogP contribution in [0.25, 0.3) is 5.76 Å². The first-order valence-corrected chi connectivity index (χ1v) is 11.5. The Morgan fingerprint density at radius 2 is 1.74 bits per heavy atom. The van der Waals surface area contributed by atoms with Crippen LogP contribution in [0.5, 0.6) is 5.75 Å². The van der Waals surface area contributed by atoms with Crippen molar-refractivity contribution in [2.75, 3.05) is 4.90 Å². The molecule has 4 rings (SSSR count). The molecular formula is C28H26ClNO4. The van der Waals surface area contributed by atoms with E-state index in [9.17, 15) is 14.7 Å². The molecule has 0 spiro atoms. The zero-order valence-electron chi connectivity index (χ0n) is 19.5. The van der Waals surface area contributed by atoms with Crippen molar-refractivity contribution in [1.29, 1.82) is 0 Å². The summed E-state index contributed by atoms with van der Waals surface area (Å²) in [6, 6.07) is 18.8. The van der Waals surface area contributed by atoms with Gasteiger partial charge in [-0.3, -0.25) is 14.5 Å². The van der Waals surface area contributed by atoms with Crippen molar-refractivity contribution in [3.8, 4) is 5.75 Å². The highest BCUT2D eigenvalue weighted by Crippen LogP contribution is 2.43. The topological polar surface area (TPSA) is 66.8 Å². The van der Waals surface area contributed by atoms with Crippen molar-refractivity contribution in [2.24, 2.45) is 0 Å². The van der Waals surface area contributed by atoms with Crippen LogP contribution in [0.3, 0.4) is 0 Å². The van der Waals surface area contributed by atoms with Crippen LogP contribution in [0.1, 0.15) is 42.1 Å². The number of carbonyl (C=O) groups excluding carboxylic acids is 2. The Hall–Kier alpha value is -3.57. The number of anilines is 1. The fraction of sp³-hybridized carbons (Fsp3) is 0.214. The van der Waals surface area contributed by atoms with Crippen LogP contribution in [0, 0.1) is 13.8 Å². The maximum atomic E-state index is 13.3. The minimum absolute atomic E-state index is 0.00230. The zero-order chi connectivity index (χ0) is 24.6. The molecule has 1 fully saturated rings. The summed E-state index contributed by atoms with van der Waals surface area (Å²) >= 11 is 6.19. The second-order valence-electron chi connectivity index (χ2n) is 8.71. The first-order chi connectivity index (χ1) is 16.2. The molecule has 3 aromatic rings. The van der Waals surface area contributed by atoms with E-state index < -0.39 is 17.7 Å². The van der Waals surface area contributed by atoms with Gasteiger partial charge in [-0.05, 0) is 75.2 Å². The van der Waals surface area contributed by atoms with Crippen molar-refractivity contribution in [2.45, 2.75) is 39.8 Å². The molecule has 6 heteroatoms. The number of ketones is 1.